The molecule has 5 nitrogen and oxygen atoms in total. The van der Waals surface area contributed by atoms with Gasteiger partial charge in [-0.15, -0.1) is 0 Å². The summed E-state index contributed by atoms with van der Waals surface area (Å²) in [6, 6.07) is 6.76. The smallest absolute Gasteiger partial charge is 0.240 e. The van der Waals surface area contributed by atoms with Crippen LogP contribution in [0.3, 0.4) is 0 Å². The first kappa shape index (κ1) is 15.4. The number of rotatable bonds is 6. The summed E-state index contributed by atoms with van der Waals surface area (Å²) in [5, 5.41) is 0. The fraction of sp³-hybridized carbons (Fsp3) is 0.571. The summed E-state index contributed by atoms with van der Waals surface area (Å²) < 4.78 is 32.6. The third-order valence-electron chi connectivity index (χ3n) is 3.68. The minimum atomic E-state index is -3.47. The molecule has 1 aromatic rings. The summed E-state index contributed by atoms with van der Waals surface area (Å²) in [6.07, 6.45) is 1.66. The summed E-state index contributed by atoms with van der Waals surface area (Å²) in [5.41, 5.74) is 6.52. The number of benzene rings is 1. The molecule has 112 valence electrons. The van der Waals surface area contributed by atoms with Gasteiger partial charge < -0.3 is 10.5 Å². The molecule has 6 heteroatoms. The van der Waals surface area contributed by atoms with Crippen molar-refractivity contribution in [3.8, 4) is 0 Å². The molecule has 0 aliphatic carbocycles. The molecule has 1 aliphatic rings. The van der Waals surface area contributed by atoms with E-state index in [1.54, 1.807) is 12.1 Å². The van der Waals surface area contributed by atoms with E-state index in [-0.39, 0.29) is 12.0 Å². The van der Waals surface area contributed by atoms with Gasteiger partial charge in [0.2, 0.25) is 10.0 Å². The summed E-state index contributed by atoms with van der Waals surface area (Å²) in [6.45, 7) is 3.78. The lowest BCUT2D eigenvalue weighted by Gasteiger charge is -2.19. The van der Waals surface area contributed by atoms with Gasteiger partial charge in [-0.3, -0.25) is 0 Å². The first-order valence-corrected chi connectivity index (χ1v) is 8.40. The monoisotopic (exact) mass is 298 g/mol. The van der Waals surface area contributed by atoms with E-state index in [2.05, 4.69) is 4.72 Å². The van der Waals surface area contributed by atoms with Crippen LogP contribution in [0.15, 0.2) is 29.2 Å². The van der Waals surface area contributed by atoms with Crippen LogP contribution in [-0.4, -0.2) is 34.2 Å². The Bertz CT molecular complexity index is 522. The van der Waals surface area contributed by atoms with E-state index in [0.29, 0.717) is 24.7 Å². The predicted molar refractivity (Wildman–Crippen MR) is 77.9 cm³/mol. The minimum Gasteiger partial charge on any atom is -0.381 e. The first-order valence-electron chi connectivity index (χ1n) is 6.92. The second-order valence-corrected chi connectivity index (χ2v) is 6.93. The van der Waals surface area contributed by atoms with Crippen LogP contribution in [0.25, 0.3) is 0 Å². The van der Waals surface area contributed by atoms with E-state index >= 15 is 0 Å². The molecule has 1 aliphatic heterocycles. The lowest BCUT2D eigenvalue weighted by atomic mass is 10.0. The molecule has 0 spiro atoms. The molecular weight excluding hydrogens is 276 g/mol. The van der Waals surface area contributed by atoms with Gasteiger partial charge in [-0.05, 0) is 44.0 Å². The molecule has 3 N–H and O–H groups in total. The largest absolute Gasteiger partial charge is 0.381 e. The Hall–Kier alpha value is -0.950. The van der Waals surface area contributed by atoms with Crippen LogP contribution >= 0.6 is 0 Å². The molecule has 1 heterocycles. The van der Waals surface area contributed by atoms with Crippen molar-refractivity contribution >= 4 is 10.0 Å². The van der Waals surface area contributed by atoms with Gasteiger partial charge in [0.15, 0.2) is 0 Å². The fourth-order valence-electron chi connectivity index (χ4n) is 2.36. The van der Waals surface area contributed by atoms with Gasteiger partial charge in [0.05, 0.1) is 11.5 Å². The van der Waals surface area contributed by atoms with Crippen molar-refractivity contribution in [2.75, 3.05) is 19.8 Å². The Kier molecular flexibility index (Phi) is 5.15. The summed E-state index contributed by atoms with van der Waals surface area (Å²) in [5.74, 6) is 0.251. The zero-order valence-corrected chi connectivity index (χ0v) is 12.5. The van der Waals surface area contributed by atoms with Crippen molar-refractivity contribution < 1.29 is 13.2 Å². The van der Waals surface area contributed by atoms with Crippen molar-refractivity contribution in [2.45, 2.75) is 30.7 Å². The molecule has 2 rings (SSSR count). The minimum absolute atomic E-state index is 0.119. The lowest BCUT2D eigenvalue weighted by molar-refractivity contribution is 0.180. The van der Waals surface area contributed by atoms with Gasteiger partial charge in [-0.1, -0.05) is 12.1 Å². The summed E-state index contributed by atoms with van der Waals surface area (Å²) in [4.78, 5) is 0.295. The number of hydrogen-bond donors (Lipinski definition) is 2. The zero-order chi connectivity index (χ0) is 14.6. The van der Waals surface area contributed by atoms with Gasteiger partial charge in [0.1, 0.15) is 0 Å². The highest BCUT2D eigenvalue weighted by Gasteiger charge is 2.26. The third kappa shape index (κ3) is 3.79. The molecule has 1 aromatic carbocycles. The maximum Gasteiger partial charge on any atom is 0.240 e. The quantitative estimate of drug-likeness (QED) is 0.817. The predicted octanol–water partition coefficient (Wildman–Crippen LogP) is 0.891. The van der Waals surface area contributed by atoms with E-state index in [9.17, 15) is 8.42 Å². The van der Waals surface area contributed by atoms with E-state index in [1.807, 2.05) is 19.1 Å². The highest BCUT2D eigenvalue weighted by Crippen LogP contribution is 2.19. The molecule has 20 heavy (non-hydrogen) atoms. The second kappa shape index (κ2) is 6.67. The molecule has 0 bridgehead atoms. The van der Waals surface area contributed by atoms with Crippen LogP contribution in [0.1, 0.15) is 18.9 Å². The number of nitrogens with two attached hydrogens (primary N) is 1. The van der Waals surface area contributed by atoms with Crippen LogP contribution in [0.4, 0.5) is 0 Å². The van der Waals surface area contributed by atoms with Crippen LogP contribution in [-0.2, 0) is 21.2 Å². The molecule has 0 radical (unpaired) electrons. The molecule has 0 aromatic heterocycles. The molecule has 2 unspecified atom stereocenters. The Balaban J connectivity index is 2.05. The molecular formula is C14H22N2O3S. The van der Waals surface area contributed by atoms with Crippen LogP contribution in [0.2, 0.25) is 0 Å². The van der Waals surface area contributed by atoms with Gasteiger partial charge in [-0.2, -0.15) is 0 Å². The van der Waals surface area contributed by atoms with Crippen LogP contribution in [0.5, 0.6) is 0 Å². The summed E-state index contributed by atoms with van der Waals surface area (Å²) >= 11 is 0. The number of sulfonamides is 1. The van der Waals surface area contributed by atoms with Gasteiger partial charge >= 0.3 is 0 Å². The van der Waals surface area contributed by atoms with Crippen molar-refractivity contribution in [3.63, 3.8) is 0 Å². The van der Waals surface area contributed by atoms with Gasteiger partial charge in [0, 0.05) is 18.6 Å². The standard InChI is InChI=1S/C14H22N2O3S/c1-11(13-7-9-19-10-13)16-20(17,18)14-4-2-12(3-5-14)6-8-15/h2-5,11,13,16H,6-10,15H2,1H3. The molecule has 2 atom stereocenters. The van der Waals surface area contributed by atoms with E-state index in [0.717, 1.165) is 18.4 Å². The van der Waals surface area contributed by atoms with E-state index in [1.165, 1.54) is 0 Å². The first-order chi connectivity index (χ1) is 9.53. The molecule has 1 saturated heterocycles. The Morgan fingerprint density at radius 3 is 2.65 bits per heavy atom. The summed E-state index contributed by atoms with van der Waals surface area (Å²) in [7, 11) is -3.47. The number of hydrogen-bond acceptors (Lipinski definition) is 4. The maximum absolute atomic E-state index is 12.3. The number of nitrogens with one attached hydrogen (secondary N) is 1. The highest BCUT2D eigenvalue weighted by atomic mass is 32.2. The number of ether oxygens (including phenoxy) is 1. The third-order valence-corrected chi connectivity index (χ3v) is 5.25. The Morgan fingerprint density at radius 1 is 1.40 bits per heavy atom. The Labute approximate surface area is 120 Å². The SMILES string of the molecule is CC(NS(=O)(=O)c1ccc(CCN)cc1)C1CCOC1. The Morgan fingerprint density at radius 2 is 2.10 bits per heavy atom. The lowest BCUT2D eigenvalue weighted by Crippen LogP contribution is -2.38. The van der Waals surface area contributed by atoms with Crippen LogP contribution in [0, 0.1) is 5.92 Å². The highest BCUT2D eigenvalue weighted by molar-refractivity contribution is 7.89. The van der Waals surface area contributed by atoms with Crippen molar-refractivity contribution in [1.29, 1.82) is 0 Å². The van der Waals surface area contributed by atoms with E-state index < -0.39 is 10.0 Å². The van der Waals surface area contributed by atoms with Crippen LogP contribution < -0.4 is 10.5 Å². The average Bonchev–Trinajstić information content (AvgIpc) is 2.93. The van der Waals surface area contributed by atoms with Crippen molar-refractivity contribution in [3.05, 3.63) is 29.8 Å². The second-order valence-electron chi connectivity index (χ2n) is 5.22. The van der Waals surface area contributed by atoms with Crippen molar-refractivity contribution in [2.24, 2.45) is 11.7 Å². The van der Waals surface area contributed by atoms with Gasteiger partial charge in [-0.25, -0.2) is 13.1 Å². The average molecular weight is 298 g/mol. The molecule has 0 saturated carbocycles. The normalized spacial score (nSPS) is 21.0. The fourth-order valence-corrected chi connectivity index (χ4v) is 3.67. The van der Waals surface area contributed by atoms with Crippen molar-refractivity contribution in [1.82, 2.24) is 4.72 Å². The molecule has 0 amide bonds. The topological polar surface area (TPSA) is 81.4 Å². The van der Waals surface area contributed by atoms with Gasteiger partial charge in [0.25, 0.3) is 0 Å². The van der Waals surface area contributed by atoms with E-state index in [4.69, 9.17) is 10.5 Å². The maximum atomic E-state index is 12.3. The molecule has 1 fully saturated rings. The zero-order valence-electron chi connectivity index (χ0n) is 11.7.